The minimum Gasteiger partial charge on any atom is -0.480 e. The predicted octanol–water partition coefficient (Wildman–Crippen LogP) is -2.95. The van der Waals surface area contributed by atoms with Crippen molar-refractivity contribution in [2.45, 2.75) is 51.9 Å². The fourth-order valence-electron chi connectivity index (χ4n) is 1.57. The van der Waals surface area contributed by atoms with Crippen LogP contribution in [0.4, 0.5) is 0 Å². The Kier molecular flexibility index (Phi) is 9.13. The molecule has 0 radical (unpaired) electrons. The Balaban J connectivity index is 4.50. The van der Waals surface area contributed by atoms with Crippen LogP contribution in [0.5, 0.6) is 0 Å². The molecule has 0 spiro atoms. The number of carbonyl (C=O) groups is 5. The van der Waals surface area contributed by atoms with Crippen molar-refractivity contribution in [3.8, 4) is 0 Å². The molecule has 0 bridgehead atoms. The first-order chi connectivity index (χ1) is 11.5. The molecule has 0 saturated heterocycles. The van der Waals surface area contributed by atoms with Crippen LogP contribution in [0.25, 0.3) is 0 Å². The van der Waals surface area contributed by atoms with Gasteiger partial charge in [-0.3, -0.25) is 24.0 Å². The Labute approximate surface area is 145 Å². The van der Waals surface area contributed by atoms with Gasteiger partial charge in [0.25, 0.3) is 0 Å². The molecule has 0 aromatic carbocycles. The quantitative estimate of drug-likeness (QED) is 0.254. The first-order valence-electron chi connectivity index (χ1n) is 7.62. The molecular formula is C14H25N5O6. The van der Waals surface area contributed by atoms with Crippen molar-refractivity contribution in [1.29, 1.82) is 0 Å². The molecule has 0 aliphatic rings. The molecule has 11 heteroatoms. The van der Waals surface area contributed by atoms with E-state index in [1.807, 2.05) is 0 Å². The number of rotatable bonds is 9. The van der Waals surface area contributed by atoms with Crippen LogP contribution in [-0.2, 0) is 24.0 Å². The SMILES string of the molecule is C[C@H](NC(=O)[C@H](C)NC(=O)[C@H](C)NC(=O)[C@H](C)NC(=O)CN)C(=O)O. The molecule has 7 N–H and O–H groups in total. The van der Waals surface area contributed by atoms with E-state index in [1.165, 1.54) is 27.7 Å². The molecule has 0 aromatic rings. The average Bonchev–Trinajstić information content (AvgIpc) is 2.53. The zero-order chi connectivity index (χ0) is 19.7. The Morgan fingerprint density at radius 3 is 1.36 bits per heavy atom. The van der Waals surface area contributed by atoms with E-state index in [1.54, 1.807) is 0 Å². The number of hydrogen-bond acceptors (Lipinski definition) is 6. The summed E-state index contributed by atoms with van der Waals surface area (Å²) in [7, 11) is 0. The lowest BCUT2D eigenvalue weighted by molar-refractivity contribution is -0.141. The highest BCUT2D eigenvalue weighted by atomic mass is 16.4. The lowest BCUT2D eigenvalue weighted by Gasteiger charge is -2.21. The molecule has 0 aliphatic heterocycles. The van der Waals surface area contributed by atoms with Crippen LogP contribution in [0.2, 0.25) is 0 Å². The molecular weight excluding hydrogens is 334 g/mol. The second-order valence-electron chi connectivity index (χ2n) is 5.52. The van der Waals surface area contributed by atoms with Crippen molar-refractivity contribution in [1.82, 2.24) is 21.3 Å². The Morgan fingerprint density at radius 1 is 0.720 bits per heavy atom. The number of amides is 4. The van der Waals surface area contributed by atoms with Gasteiger partial charge in [-0.2, -0.15) is 0 Å². The van der Waals surface area contributed by atoms with E-state index in [-0.39, 0.29) is 6.54 Å². The van der Waals surface area contributed by atoms with Gasteiger partial charge in [-0.1, -0.05) is 0 Å². The molecule has 0 saturated carbocycles. The molecule has 142 valence electrons. The minimum atomic E-state index is -1.21. The van der Waals surface area contributed by atoms with Gasteiger partial charge in [-0.15, -0.1) is 0 Å². The summed E-state index contributed by atoms with van der Waals surface area (Å²) in [6, 6.07) is -3.96. The maximum Gasteiger partial charge on any atom is 0.325 e. The van der Waals surface area contributed by atoms with Gasteiger partial charge in [0.2, 0.25) is 23.6 Å². The molecule has 0 unspecified atom stereocenters. The smallest absolute Gasteiger partial charge is 0.325 e. The lowest BCUT2D eigenvalue weighted by Crippen LogP contribution is -2.55. The molecule has 4 amide bonds. The van der Waals surface area contributed by atoms with E-state index >= 15 is 0 Å². The number of nitrogens with two attached hydrogens (primary N) is 1. The maximum absolute atomic E-state index is 12.0. The summed E-state index contributed by atoms with van der Waals surface area (Å²) in [5.74, 6) is -3.64. The van der Waals surface area contributed by atoms with Gasteiger partial charge in [0.05, 0.1) is 6.54 Å². The second-order valence-corrected chi connectivity index (χ2v) is 5.52. The van der Waals surface area contributed by atoms with Crippen LogP contribution in [0.3, 0.4) is 0 Å². The van der Waals surface area contributed by atoms with Crippen LogP contribution in [0.15, 0.2) is 0 Å². The summed E-state index contributed by atoms with van der Waals surface area (Å²) in [6.45, 7) is 5.22. The number of carboxylic acid groups (broad SMARTS) is 1. The van der Waals surface area contributed by atoms with E-state index in [0.717, 1.165) is 0 Å². The van der Waals surface area contributed by atoms with E-state index < -0.39 is 53.8 Å². The van der Waals surface area contributed by atoms with Crippen LogP contribution in [0.1, 0.15) is 27.7 Å². The van der Waals surface area contributed by atoms with Crippen molar-refractivity contribution in [3.05, 3.63) is 0 Å². The first-order valence-corrected chi connectivity index (χ1v) is 7.62. The Morgan fingerprint density at radius 2 is 1.04 bits per heavy atom. The molecule has 0 aliphatic carbocycles. The van der Waals surface area contributed by atoms with E-state index in [4.69, 9.17) is 10.8 Å². The van der Waals surface area contributed by atoms with Crippen molar-refractivity contribution >= 4 is 29.6 Å². The molecule has 0 aromatic heterocycles. The zero-order valence-corrected chi connectivity index (χ0v) is 14.6. The third-order valence-corrected chi connectivity index (χ3v) is 3.19. The van der Waals surface area contributed by atoms with Crippen molar-refractivity contribution < 1.29 is 29.1 Å². The number of aliphatic carboxylic acids is 1. The summed E-state index contributed by atoms with van der Waals surface area (Å²) >= 11 is 0. The molecule has 0 rings (SSSR count). The highest BCUT2D eigenvalue weighted by Crippen LogP contribution is 1.92. The summed E-state index contributed by atoms with van der Waals surface area (Å²) in [6.07, 6.45) is 0. The van der Waals surface area contributed by atoms with E-state index in [9.17, 15) is 24.0 Å². The molecule has 25 heavy (non-hydrogen) atoms. The summed E-state index contributed by atoms with van der Waals surface area (Å²) in [5.41, 5.74) is 5.12. The van der Waals surface area contributed by atoms with Gasteiger partial charge in [0.1, 0.15) is 24.2 Å². The third kappa shape index (κ3) is 8.11. The Hall–Kier alpha value is -2.69. The van der Waals surface area contributed by atoms with Gasteiger partial charge >= 0.3 is 5.97 Å². The monoisotopic (exact) mass is 359 g/mol. The number of carbonyl (C=O) groups excluding carboxylic acids is 4. The highest BCUT2D eigenvalue weighted by molar-refractivity contribution is 5.94. The average molecular weight is 359 g/mol. The normalized spacial score (nSPS) is 15.1. The predicted molar refractivity (Wildman–Crippen MR) is 87.1 cm³/mol. The van der Waals surface area contributed by atoms with E-state index in [2.05, 4.69) is 21.3 Å². The van der Waals surface area contributed by atoms with Crippen LogP contribution < -0.4 is 27.0 Å². The van der Waals surface area contributed by atoms with Crippen molar-refractivity contribution in [2.24, 2.45) is 5.73 Å². The number of carboxylic acids is 1. The van der Waals surface area contributed by atoms with Crippen LogP contribution >= 0.6 is 0 Å². The standard InChI is InChI=1S/C14H25N5O6/c1-6(16-10(20)5-15)11(21)17-7(2)12(22)18-8(3)13(23)19-9(4)14(24)25/h6-9H,5,15H2,1-4H3,(H,16,20)(H,17,21)(H,18,22)(H,19,23)(H,24,25)/t6-,7-,8-,9-/m0/s1. The number of nitrogens with one attached hydrogen (secondary N) is 4. The third-order valence-electron chi connectivity index (χ3n) is 3.19. The van der Waals surface area contributed by atoms with Crippen LogP contribution in [0, 0.1) is 0 Å². The largest absolute Gasteiger partial charge is 0.480 e. The van der Waals surface area contributed by atoms with Gasteiger partial charge < -0.3 is 32.1 Å². The molecule has 0 fully saturated rings. The van der Waals surface area contributed by atoms with Gasteiger partial charge in [-0.05, 0) is 27.7 Å². The van der Waals surface area contributed by atoms with E-state index in [0.29, 0.717) is 0 Å². The minimum absolute atomic E-state index is 0.269. The summed E-state index contributed by atoms with van der Waals surface area (Å²) in [4.78, 5) is 57.4. The molecule has 11 nitrogen and oxygen atoms in total. The van der Waals surface area contributed by atoms with Crippen LogP contribution in [-0.4, -0.2) is 65.4 Å². The lowest BCUT2D eigenvalue weighted by atomic mass is 10.2. The molecule has 0 heterocycles. The zero-order valence-electron chi connectivity index (χ0n) is 14.6. The topological polar surface area (TPSA) is 180 Å². The summed E-state index contributed by atoms with van der Waals surface area (Å²) < 4.78 is 0. The summed E-state index contributed by atoms with van der Waals surface area (Å²) in [5, 5.41) is 18.0. The second kappa shape index (κ2) is 10.2. The molecule has 4 atom stereocenters. The van der Waals surface area contributed by atoms with Crippen molar-refractivity contribution in [3.63, 3.8) is 0 Å². The number of hydrogen-bond donors (Lipinski definition) is 6. The van der Waals surface area contributed by atoms with Crippen molar-refractivity contribution in [2.75, 3.05) is 6.54 Å². The fourth-order valence-corrected chi connectivity index (χ4v) is 1.57. The maximum atomic E-state index is 12.0. The van der Waals surface area contributed by atoms with Gasteiger partial charge in [-0.25, -0.2) is 0 Å². The van der Waals surface area contributed by atoms with Gasteiger partial charge in [0, 0.05) is 0 Å². The fraction of sp³-hybridized carbons (Fsp3) is 0.643. The first kappa shape index (κ1) is 22.3. The highest BCUT2D eigenvalue weighted by Gasteiger charge is 2.24. The Bertz CT molecular complexity index is 538. The van der Waals surface area contributed by atoms with Gasteiger partial charge in [0.15, 0.2) is 0 Å².